The predicted octanol–water partition coefficient (Wildman–Crippen LogP) is 7.33. The number of carbonyl (C=O) groups is 4. The van der Waals surface area contributed by atoms with Gasteiger partial charge in [-0.3, -0.25) is 19.2 Å². The van der Waals surface area contributed by atoms with E-state index in [1.807, 2.05) is 36.4 Å². The lowest BCUT2D eigenvalue weighted by Gasteiger charge is -2.07. The average molecular weight is 815 g/mol. The summed E-state index contributed by atoms with van der Waals surface area (Å²) in [5, 5.41) is 13.8. The molecule has 270 valence electrons. The fourth-order valence-electron chi connectivity index (χ4n) is 5.97. The third-order valence-electron chi connectivity index (χ3n) is 8.78. The molecule has 0 fully saturated rings. The molecule has 0 radical (unpaired) electrons. The monoisotopic (exact) mass is 812 g/mol. The molecule has 2 aromatic heterocycles. The van der Waals surface area contributed by atoms with Gasteiger partial charge < -0.3 is 31.2 Å². The molecule has 0 aliphatic heterocycles. The Balaban J connectivity index is 0.864. The van der Waals surface area contributed by atoms with Crippen LogP contribution < -0.4 is 21.3 Å². The Bertz CT molecular complexity index is 1580. The molecule has 0 bridgehead atoms. The molecular weight excluding hydrogens is 764 g/mol. The van der Waals surface area contributed by atoms with Crippen LogP contribution in [0.4, 0.5) is 0 Å². The van der Waals surface area contributed by atoms with E-state index in [1.165, 1.54) is 51.4 Å². The minimum absolute atomic E-state index is 0.397. The highest BCUT2D eigenvalue weighted by molar-refractivity contribution is 9.10. The molecule has 0 saturated carbocycles. The predicted molar refractivity (Wildman–Crippen MR) is 208 cm³/mol. The first-order chi connectivity index (χ1) is 24.3. The second-order valence-electron chi connectivity index (χ2n) is 12.7. The van der Waals surface area contributed by atoms with E-state index in [2.05, 4.69) is 63.1 Å². The lowest BCUT2D eigenvalue weighted by Crippen LogP contribution is -2.33. The number of rotatable bonds is 25. The molecule has 50 heavy (non-hydrogen) atoms. The SMILES string of the molecule is O=C(NCCCNCCCCCCCCCCCCNCCCNC(=O)C(=O)c1c[nH]c2cc(Br)ccc12)C(=O)c1c[nH]c2cc(Br)ccc12. The molecule has 2 amide bonds. The Morgan fingerprint density at radius 3 is 1.24 bits per heavy atom. The number of carbonyl (C=O) groups excluding carboxylic acids is 4. The molecule has 0 spiro atoms. The molecule has 2 aromatic carbocycles. The van der Waals surface area contributed by atoms with Gasteiger partial charge in [0.15, 0.2) is 0 Å². The van der Waals surface area contributed by atoms with Crippen LogP contribution in [0.5, 0.6) is 0 Å². The van der Waals surface area contributed by atoms with Crippen LogP contribution in [0, 0.1) is 0 Å². The summed E-state index contributed by atoms with van der Waals surface area (Å²) in [4.78, 5) is 55.8. The quantitative estimate of drug-likeness (QED) is 0.0235. The zero-order valence-corrected chi connectivity index (χ0v) is 31.9. The molecular formula is C38H50Br2N6O4. The number of Topliss-reactive ketones (excluding diaryl/α,β-unsaturated/α-hetero) is 2. The number of aromatic nitrogens is 2. The van der Waals surface area contributed by atoms with Gasteiger partial charge in [-0.05, 0) is 76.1 Å². The number of ketones is 2. The Morgan fingerprint density at radius 1 is 0.480 bits per heavy atom. The minimum Gasteiger partial charge on any atom is -0.360 e. The van der Waals surface area contributed by atoms with Crippen LogP contribution in [0.15, 0.2) is 57.7 Å². The van der Waals surface area contributed by atoms with Crippen molar-refractivity contribution in [3.05, 3.63) is 68.9 Å². The Hall–Kier alpha value is -3.32. The minimum atomic E-state index is -0.565. The molecule has 0 aliphatic carbocycles. The molecule has 12 heteroatoms. The smallest absolute Gasteiger partial charge is 0.292 e. The zero-order valence-electron chi connectivity index (χ0n) is 28.7. The van der Waals surface area contributed by atoms with Crippen molar-refractivity contribution in [2.24, 2.45) is 0 Å². The first kappa shape index (κ1) is 39.5. The van der Waals surface area contributed by atoms with Gasteiger partial charge in [0, 0.05) is 56.2 Å². The molecule has 6 N–H and O–H groups in total. The first-order valence-corrected chi connectivity index (χ1v) is 19.5. The first-order valence-electron chi connectivity index (χ1n) is 17.9. The van der Waals surface area contributed by atoms with Crippen LogP contribution in [-0.2, 0) is 9.59 Å². The molecule has 2 heterocycles. The summed E-state index contributed by atoms with van der Waals surface area (Å²) < 4.78 is 1.82. The van der Waals surface area contributed by atoms with Crippen LogP contribution in [0.1, 0.15) is 97.8 Å². The molecule has 0 aliphatic rings. The third-order valence-corrected chi connectivity index (χ3v) is 9.76. The van der Waals surface area contributed by atoms with Crippen molar-refractivity contribution in [1.29, 1.82) is 0 Å². The fourth-order valence-corrected chi connectivity index (χ4v) is 6.69. The summed E-state index contributed by atoms with van der Waals surface area (Å²) in [5.74, 6) is -2.16. The van der Waals surface area contributed by atoms with Gasteiger partial charge in [0.25, 0.3) is 23.4 Å². The van der Waals surface area contributed by atoms with E-state index in [1.54, 1.807) is 12.4 Å². The third kappa shape index (κ3) is 12.8. The summed E-state index contributed by atoms with van der Waals surface area (Å²) in [6.45, 7) is 4.53. The second-order valence-corrected chi connectivity index (χ2v) is 14.5. The van der Waals surface area contributed by atoms with Crippen molar-refractivity contribution in [1.82, 2.24) is 31.2 Å². The summed E-state index contributed by atoms with van der Waals surface area (Å²) >= 11 is 6.82. The van der Waals surface area contributed by atoms with Gasteiger partial charge in [-0.1, -0.05) is 95.4 Å². The number of fused-ring (bicyclic) bond motifs is 2. The maximum absolute atomic E-state index is 12.5. The van der Waals surface area contributed by atoms with Crippen molar-refractivity contribution in [3.8, 4) is 0 Å². The van der Waals surface area contributed by atoms with Crippen molar-refractivity contribution in [3.63, 3.8) is 0 Å². The molecule has 10 nitrogen and oxygen atoms in total. The number of hydrogen-bond acceptors (Lipinski definition) is 6. The van der Waals surface area contributed by atoms with Gasteiger partial charge in [0.2, 0.25) is 0 Å². The highest BCUT2D eigenvalue weighted by Crippen LogP contribution is 2.24. The number of aromatic amines is 2. The van der Waals surface area contributed by atoms with Gasteiger partial charge in [0.1, 0.15) is 0 Å². The van der Waals surface area contributed by atoms with Crippen molar-refractivity contribution in [2.75, 3.05) is 39.3 Å². The molecule has 0 saturated heterocycles. The topological polar surface area (TPSA) is 148 Å². The zero-order chi connectivity index (χ0) is 35.6. The molecule has 4 rings (SSSR count). The number of benzene rings is 2. The molecule has 4 aromatic rings. The summed E-state index contributed by atoms with van der Waals surface area (Å²) in [6, 6.07) is 11.2. The highest BCUT2D eigenvalue weighted by atomic mass is 79.9. The summed E-state index contributed by atoms with van der Waals surface area (Å²) in [6.07, 6.45) is 17.2. The van der Waals surface area contributed by atoms with E-state index in [-0.39, 0.29) is 0 Å². The van der Waals surface area contributed by atoms with Crippen LogP contribution >= 0.6 is 31.9 Å². The largest absolute Gasteiger partial charge is 0.360 e. The van der Waals surface area contributed by atoms with Gasteiger partial charge >= 0.3 is 0 Å². The van der Waals surface area contributed by atoms with Crippen molar-refractivity contribution >= 4 is 77.0 Å². The number of halogens is 2. The van der Waals surface area contributed by atoms with Crippen LogP contribution in [-0.4, -0.2) is 72.6 Å². The molecule has 0 atom stereocenters. The van der Waals surface area contributed by atoms with Crippen LogP contribution in [0.3, 0.4) is 0 Å². The maximum Gasteiger partial charge on any atom is 0.292 e. The van der Waals surface area contributed by atoms with Crippen LogP contribution in [0.25, 0.3) is 21.8 Å². The number of unbranched alkanes of at least 4 members (excludes halogenated alkanes) is 9. The summed E-state index contributed by atoms with van der Waals surface area (Å²) in [7, 11) is 0. The molecule has 0 unspecified atom stereocenters. The van der Waals surface area contributed by atoms with Crippen molar-refractivity contribution < 1.29 is 19.2 Å². The van der Waals surface area contributed by atoms with E-state index in [4.69, 9.17) is 0 Å². The van der Waals surface area contributed by atoms with E-state index < -0.39 is 23.4 Å². The van der Waals surface area contributed by atoms with Gasteiger partial charge in [-0.15, -0.1) is 0 Å². The number of amides is 2. The number of nitrogens with one attached hydrogen (secondary N) is 6. The lowest BCUT2D eigenvalue weighted by molar-refractivity contribution is -0.117. The van der Waals surface area contributed by atoms with Crippen molar-refractivity contribution in [2.45, 2.75) is 77.0 Å². The van der Waals surface area contributed by atoms with Crippen LogP contribution in [0.2, 0.25) is 0 Å². The lowest BCUT2D eigenvalue weighted by atomic mass is 10.1. The Morgan fingerprint density at radius 2 is 0.840 bits per heavy atom. The highest BCUT2D eigenvalue weighted by Gasteiger charge is 2.20. The number of H-pyrrole nitrogens is 2. The van der Waals surface area contributed by atoms with Gasteiger partial charge in [0.05, 0.1) is 11.1 Å². The van der Waals surface area contributed by atoms with E-state index in [0.717, 1.165) is 82.6 Å². The second kappa shape index (κ2) is 21.8. The fraction of sp³-hybridized carbons (Fsp3) is 0.474. The summed E-state index contributed by atoms with van der Waals surface area (Å²) in [5.41, 5.74) is 2.43. The Kier molecular flexibility index (Phi) is 17.2. The average Bonchev–Trinajstić information content (AvgIpc) is 3.73. The number of hydrogen-bond donors (Lipinski definition) is 6. The van der Waals surface area contributed by atoms with E-state index in [9.17, 15) is 19.2 Å². The maximum atomic E-state index is 12.5. The standard InChI is InChI=1S/C38H50Br2N6O4/c39-27-13-15-29-31(25-45-33(29)23-27)35(47)37(49)43-21-11-19-41-17-9-7-5-3-1-2-4-6-8-10-18-42-20-12-22-44-38(50)36(48)32-26-46-34-24-28(40)14-16-30(32)34/h13-16,23-26,41-42,45-46H,1-12,17-22H2,(H,43,49)(H,44,50). The normalized spacial score (nSPS) is 11.3. The Labute approximate surface area is 311 Å². The van der Waals surface area contributed by atoms with E-state index >= 15 is 0 Å². The van der Waals surface area contributed by atoms with Gasteiger partial charge in [-0.2, -0.15) is 0 Å². The van der Waals surface area contributed by atoms with Gasteiger partial charge in [-0.25, -0.2) is 0 Å². The van der Waals surface area contributed by atoms with E-state index in [0.29, 0.717) is 24.2 Å².